The van der Waals surface area contributed by atoms with E-state index in [0.717, 1.165) is 22.0 Å². The van der Waals surface area contributed by atoms with Crippen molar-refractivity contribution < 1.29 is 27.6 Å². The van der Waals surface area contributed by atoms with Crippen molar-refractivity contribution in [2.75, 3.05) is 18.0 Å². The molecule has 0 aromatic heterocycles. The van der Waals surface area contributed by atoms with E-state index in [4.69, 9.17) is 21.1 Å². The predicted molar refractivity (Wildman–Crippen MR) is 166 cm³/mol. The molecule has 0 bridgehead atoms. The second-order valence-corrected chi connectivity index (χ2v) is 11.9. The molecule has 11 nitrogen and oxygen atoms in total. The van der Waals surface area contributed by atoms with E-state index in [0.29, 0.717) is 26.6 Å². The first-order valence-electron chi connectivity index (χ1n) is 12.5. The number of amides is 1. The molecule has 222 valence electrons. The summed E-state index contributed by atoms with van der Waals surface area (Å²) in [6.07, 6.45) is 1.34. The first-order valence-corrected chi connectivity index (χ1v) is 15.1. The fraction of sp³-hybridized carbons (Fsp3) is 0.103. The van der Waals surface area contributed by atoms with Gasteiger partial charge in [0.2, 0.25) is 0 Å². The third kappa shape index (κ3) is 7.69. The minimum atomic E-state index is -4.52. The maximum Gasteiger partial charge on any atom is 0.289 e. The highest BCUT2D eigenvalue weighted by Gasteiger charge is 2.33. The molecule has 0 aliphatic rings. The van der Waals surface area contributed by atoms with E-state index in [1.807, 2.05) is 18.2 Å². The monoisotopic (exact) mass is 686 g/mol. The van der Waals surface area contributed by atoms with Crippen molar-refractivity contribution in [1.82, 2.24) is 5.43 Å². The number of nitrogens with zero attached hydrogens (tertiary/aromatic N) is 3. The van der Waals surface area contributed by atoms with Gasteiger partial charge in [0.05, 0.1) is 28.4 Å². The molecule has 14 heteroatoms. The number of hydrazone groups is 1. The molecule has 1 N–H and O–H groups in total. The molecule has 4 aromatic rings. The molecular weight excluding hydrogens is 664 g/mol. The fourth-order valence-electron chi connectivity index (χ4n) is 3.92. The number of hydrogen-bond acceptors (Lipinski definition) is 8. The van der Waals surface area contributed by atoms with Crippen LogP contribution in [0, 0.1) is 10.1 Å². The summed E-state index contributed by atoms with van der Waals surface area (Å²) < 4.78 is 39.8. The van der Waals surface area contributed by atoms with Crippen molar-refractivity contribution >= 4 is 61.1 Å². The number of anilines is 1. The molecule has 0 radical (unpaired) electrons. The van der Waals surface area contributed by atoms with Gasteiger partial charge in [-0.15, -0.1) is 0 Å². The van der Waals surface area contributed by atoms with Crippen LogP contribution in [-0.4, -0.2) is 39.1 Å². The number of methoxy groups -OCH3 is 1. The number of carbonyl (C=O) groups excluding carboxylic acids is 1. The van der Waals surface area contributed by atoms with Crippen LogP contribution in [0.5, 0.6) is 11.5 Å². The maximum atomic E-state index is 13.6. The van der Waals surface area contributed by atoms with Crippen molar-refractivity contribution in [3.63, 3.8) is 0 Å². The van der Waals surface area contributed by atoms with E-state index < -0.39 is 38.0 Å². The van der Waals surface area contributed by atoms with Gasteiger partial charge >= 0.3 is 0 Å². The van der Waals surface area contributed by atoms with Gasteiger partial charge in [-0.3, -0.25) is 19.2 Å². The number of hydrogen-bond donors (Lipinski definition) is 1. The summed E-state index contributed by atoms with van der Waals surface area (Å²) >= 11 is 9.68. The van der Waals surface area contributed by atoms with E-state index in [9.17, 15) is 23.3 Å². The minimum Gasteiger partial charge on any atom is -0.493 e. The van der Waals surface area contributed by atoms with Gasteiger partial charge in [-0.25, -0.2) is 13.8 Å². The van der Waals surface area contributed by atoms with Crippen molar-refractivity contribution in [2.45, 2.75) is 11.5 Å². The SMILES string of the molecule is COc1cc(/C=N\NC(=O)CN(c2ccccc2)S(=O)(=O)c2ccccc2[N+](=O)[O-])cc(Br)c1OCc1ccccc1Cl. The molecule has 0 heterocycles. The smallest absolute Gasteiger partial charge is 0.289 e. The topological polar surface area (TPSA) is 140 Å². The number of nitrogens with one attached hydrogen (secondary N) is 1. The van der Waals surface area contributed by atoms with E-state index in [-0.39, 0.29) is 12.3 Å². The number of carbonyl (C=O) groups is 1. The van der Waals surface area contributed by atoms with Gasteiger partial charge in [0, 0.05) is 16.7 Å². The van der Waals surface area contributed by atoms with Gasteiger partial charge in [0.15, 0.2) is 16.4 Å². The van der Waals surface area contributed by atoms with Crippen LogP contribution in [0.15, 0.2) is 105 Å². The van der Waals surface area contributed by atoms with Gasteiger partial charge in [-0.2, -0.15) is 5.10 Å². The molecular formula is C29H24BrClN4O7S. The average molecular weight is 688 g/mol. The van der Waals surface area contributed by atoms with E-state index >= 15 is 0 Å². The Bertz CT molecular complexity index is 1770. The molecule has 4 rings (SSSR count). The van der Waals surface area contributed by atoms with Gasteiger partial charge in [0.25, 0.3) is 21.6 Å². The van der Waals surface area contributed by atoms with Gasteiger partial charge in [0.1, 0.15) is 13.2 Å². The Morgan fingerprint density at radius 3 is 2.44 bits per heavy atom. The third-order valence-corrected chi connectivity index (χ3v) is 8.72. The standard InChI is InChI=1S/C29H24BrClN4O7S/c1-41-26-16-20(15-23(30)29(26)42-19-21-9-5-6-12-24(21)31)17-32-33-28(36)18-34(22-10-3-2-4-11-22)43(39,40)27-14-8-7-13-25(27)35(37)38/h2-17H,18-19H2,1H3,(H,33,36)/b32-17-. The van der Waals surface area contributed by atoms with Crippen LogP contribution in [0.25, 0.3) is 0 Å². The molecule has 0 unspecified atom stereocenters. The normalized spacial score (nSPS) is 11.2. The molecule has 0 atom stereocenters. The zero-order valence-corrected chi connectivity index (χ0v) is 25.7. The average Bonchev–Trinajstić information content (AvgIpc) is 3.00. The lowest BCUT2D eigenvalue weighted by molar-refractivity contribution is -0.387. The van der Waals surface area contributed by atoms with Crippen LogP contribution < -0.4 is 19.2 Å². The largest absolute Gasteiger partial charge is 0.493 e. The second-order valence-electron chi connectivity index (χ2n) is 8.78. The highest BCUT2D eigenvalue weighted by Crippen LogP contribution is 2.37. The Balaban J connectivity index is 1.51. The lowest BCUT2D eigenvalue weighted by Gasteiger charge is -2.23. The van der Waals surface area contributed by atoms with Crippen molar-refractivity contribution in [1.29, 1.82) is 0 Å². The fourth-order valence-corrected chi connectivity index (χ4v) is 6.26. The van der Waals surface area contributed by atoms with Crippen molar-refractivity contribution in [2.24, 2.45) is 5.10 Å². The van der Waals surface area contributed by atoms with Crippen molar-refractivity contribution in [3.8, 4) is 11.5 Å². The number of ether oxygens (including phenoxy) is 2. The summed E-state index contributed by atoms with van der Waals surface area (Å²) in [7, 11) is -3.04. The van der Waals surface area contributed by atoms with E-state index in [2.05, 4.69) is 26.5 Å². The Morgan fingerprint density at radius 1 is 1.07 bits per heavy atom. The number of para-hydroxylation sites is 2. The Labute approximate surface area is 261 Å². The molecule has 0 aliphatic carbocycles. The number of sulfonamides is 1. The molecule has 43 heavy (non-hydrogen) atoms. The molecule has 0 spiro atoms. The lowest BCUT2D eigenvalue weighted by atomic mass is 10.2. The first-order chi connectivity index (χ1) is 20.6. The molecule has 0 fully saturated rings. The van der Waals surface area contributed by atoms with Gasteiger partial charge in [-0.1, -0.05) is 60.1 Å². The van der Waals surface area contributed by atoms with Crippen LogP contribution in [0.2, 0.25) is 5.02 Å². The summed E-state index contributed by atoms with van der Waals surface area (Å²) in [4.78, 5) is 23.1. The minimum absolute atomic E-state index is 0.140. The lowest BCUT2D eigenvalue weighted by Crippen LogP contribution is -2.39. The number of rotatable bonds is 12. The maximum absolute atomic E-state index is 13.6. The zero-order chi connectivity index (χ0) is 31.0. The summed E-state index contributed by atoms with van der Waals surface area (Å²) in [5.41, 5.74) is 3.16. The quantitative estimate of drug-likeness (QED) is 0.110. The molecule has 0 aliphatic heterocycles. The number of nitro benzene ring substituents is 1. The number of halogens is 2. The van der Waals surface area contributed by atoms with Crippen LogP contribution in [-0.2, 0) is 21.4 Å². The third-order valence-electron chi connectivity index (χ3n) is 5.95. The molecule has 1 amide bonds. The number of benzene rings is 4. The van der Waals surface area contributed by atoms with Crippen LogP contribution in [0.3, 0.4) is 0 Å². The molecule has 0 saturated heterocycles. The zero-order valence-electron chi connectivity index (χ0n) is 22.5. The van der Waals surface area contributed by atoms with E-state index in [1.165, 1.54) is 37.6 Å². The Morgan fingerprint density at radius 2 is 1.74 bits per heavy atom. The summed E-state index contributed by atoms with van der Waals surface area (Å²) in [5, 5.41) is 16.0. The predicted octanol–water partition coefficient (Wildman–Crippen LogP) is 5.94. The van der Waals surface area contributed by atoms with Crippen LogP contribution >= 0.6 is 27.5 Å². The summed E-state index contributed by atoms with van der Waals surface area (Å²) in [6.45, 7) is -0.497. The van der Waals surface area contributed by atoms with Crippen LogP contribution in [0.4, 0.5) is 11.4 Å². The van der Waals surface area contributed by atoms with Gasteiger partial charge in [-0.05, 0) is 57.9 Å². The molecule has 0 saturated carbocycles. The van der Waals surface area contributed by atoms with Gasteiger partial charge < -0.3 is 9.47 Å². The second kappa shape index (κ2) is 14.1. The first kappa shape index (κ1) is 31.5. The Kier molecular flexibility index (Phi) is 10.3. The Hall–Kier alpha value is -4.46. The van der Waals surface area contributed by atoms with E-state index in [1.54, 1.807) is 36.4 Å². The van der Waals surface area contributed by atoms with Crippen LogP contribution in [0.1, 0.15) is 11.1 Å². The summed E-state index contributed by atoms with van der Waals surface area (Å²) in [6, 6.07) is 23.3. The highest BCUT2D eigenvalue weighted by molar-refractivity contribution is 9.10. The number of nitro groups is 1. The van der Waals surface area contributed by atoms with Crippen molar-refractivity contribution in [3.05, 3.63) is 122 Å². The molecule has 4 aromatic carbocycles. The highest BCUT2D eigenvalue weighted by atomic mass is 79.9. The summed E-state index contributed by atoms with van der Waals surface area (Å²) in [5.74, 6) is 0.0373.